The molecular formula is C12H13ClFNO. The first kappa shape index (κ1) is 11.4. The molecule has 2 nitrogen and oxygen atoms in total. The molecule has 86 valence electrons. The maximum Gasteiger partial charge on any atom is 0.253 e. The zero-order valence-corrected chi connectivity index (χ0v) is 9.63. The van der Waals surface area contributed by atoms with Crippen molar-refractivity contribution < 1.29 is 9.18 Å². The molecule has 0 unspecified atom stereocenters. The van der Waals surface area contributed by atoms with Gasteiger partial charge in [-0.15, -0.1) is 0 Å². The summed E-state index contributed by atoms with van der Waals surface area (Å²) in [5, 5.41) is 0.0511. The summed E-state index contributed by atoms with van der Waals surface area (Å²) < 4.78 is 13.2. The maximum absolute atomic E-state index is 13.2. The van der Waals surface area contributed by atoms with Gasteiger partial charge in [-0.3, -0.25) is 4.79 Å². The van der Waals surface area contributed by atoms with Gasteiger partial charge in [-0.2, -0.15) is 0 Å². The van der Waals surface area contributed by atoms with Gasteiger partial charge in [0.25, 0.3) is 5.91 Å². The van der Waals surface area contributed by atoms with Gasteiger partial charge in [-0.25, -0.2) is 4.39 Å². The Kier molecular flexibility index (Phi) is 3.44. The monoisotopic (exact) mass is 241 g/mol. The summed E-state index contributed by atoms with van der Waals surface area (Å²) in [4.78, 5) is 13.7. The number of amides is 1. The molecule has 1 fully saturated rings. The summed E-state index contributed by atoms with van der Waals surface area (Å²) >= 11 is 5.57. The lowest BCUT2D eigenvalue weighted by atomic mass is 10.1. The van der Waals surface area contributed by atoms with Crippen molar-refractivity contribution in [3.05, 3.63) is 34.6 Å². The molecule has 1 aromatic carbocycles. The van der Waals surface area contributed by atoms with Crippen molar-refractivity contribution in [2.75, 3.05) is 13.1 Å². The van der Waals surface area contributed by atoms with Gasteiger partial charge in [0, 0.05) is 18.7 Å². The Morgan fingerprint density at radius 1 is 1.25 bits per heavy atom. The second-order valence-electron chi connectivity index (χ2n) is 3.98. The lowest BCUT2D eigenvalue weighted by molar-refractivity contribution is 0.0724. The van der Waals surface area contributed by atoms with Crippen molar-refractivity contribution >= 4 is 17.5 Å². The van der Waals surface area contributed by atoms with Gasteiger partial charge >= 0.3 is 0 Å². The number of carbonyl (C=O) groups excluding carboxylic acids is 1. The molecule has 0 aromatic heterocycles. The Labute approximate surface area is 99.0 Å². The van der Waals surface area contributed by atoms with Gasteiger partial charge in [0.05, 0.1) is 5.02 Å². The molecule has 0 saturated carbocycles. The van der Waals surface area contributed by atoms with Crippen molar-refractivity contribution in [1.82, 2.24) is 4.90 Å². The molecule has 0 N–H and O–H groups in total. The second-order valence-corrected chi connectivity index (χ2v) is 4.39. The highest BCUT2D eigenvalue weighted by Crippen LogP contribution is 2.18. The molecule has 1 amide bonds. The van der Waals surface area contributed by atoms with Crippen LogP contribution in [0.5, 0.6) is 0 Å². The average molecular weight is 242 g/mol. The van der Waals surface area contributed by atoms with Gasteiger partial charge in [-0.1, -0.05) is 11.6 Å². The molecular weight excluding hydrogens is 229 g/mol. The van der Waals surface area contributed by atoms with Gasteiger partial charge in [0.15, 0.2) is 0 Å². The number of rotatable bonds is 1. The van der Waals surface area contributed by atoms with E-state index in [0.29, 0.717) is 5.56 Å². The van der Waals surface area contributed by atoms with Crippen molar-refractivity contribution in [3.63, 3.8) is 0 Å². The van der Waals surface area contributed by atoms with Crippen LogP contribution in [0.3, 0.4) is 0 Å². The van der Waals surface area contributed by atoms with Gasteiger partial charge in [-0.05, 0) is 37.5 Å². The minimum absolute atomic E-state index is 0.0511. The number of benzene rings is 1. The highest BCUT2D eigenvalue weighted by atomic mass is 35.5. The Bertz CT molecular complexity index is 402. The van der Waals surface area contributed by atoms with E-state index in [0.717, 1.165) is 25.9 Å². The molecule has 1 heterocycles. The smallest absolute Gasteiger partial charge is 0.253 e. The Morgan fingerprint density at radius 2 is 1.94 bits per heavy atom. The zero-order chi connectivity index (χ0) is 11.5. The van der Waals surface area contributed by atoms with Crippen LogP contribution in [0.25, 0.3) is 0 Å². The standard InChI is InChI=1S/C12H13ClFNO/c13-10-5-4-9(8-11(10)14)12(16)15-6-2-1-3-7-15/h4-5,8H,1-3,6-7H2. The summed E-state index contributed by atoms with van der Waals surface area (Å²) in [6.45, 7) is 1.53. The third-order valence-electron chi connectivity index (χ3n) is 2.81. The number of hydrogen-bond acceptors (Lipinski definition) is 1. The summed E-state index contributed by atoms with van der Waals surface area (Å²) in [6.07, 6.45) is 3.22. The molecule has 1 aromatic rings. The van der Waals surface area contributed by atoms with E-state index in [4.69, 9.17) is 11.6 Å². The van der Waals surface area contributed by atoms with E-state index in [2.05, 4.69) is 0 Å². The molecule has 0 atom stereocenters. The molecule has 1 aliphatic heterocycles. The number of hydrogen-bond donors (Lipinski definition) is 0. The van der Waals surface area contributed by atoms with Crippen LogP contribution in [0.2, 0.25) is 5.02 Å². The normalized spacial score (nSPS) is 16.2. The SMILES string of the molecule is O=C(c1ccc(Cl)c(F)c1)N1CCCCC1. The minimum atomic E-state index is -0.537. The first-order chi connectivity index (χ1) is 7.68. The highest BCUT2D eigenvalue weighted by Gasteiger charge is 2.18. The topological polar surface area (TPSA) is 20.3 Å². The highest BCUT2D eigenvalue weighted by molar-refractivity contribution is 6.30. The summed E-state index contributed by atoms with van der Waals surface area (Å²) in [7, 11) is 0. The average Bonchev–Trinajstić information content (AvgIpc) is 2.33. The van der Waals surface area contributed by atoms with Crippen LogP contribution in [0.1, 0.15) is 29.6 Å². The van der Waals surface area contributed by atoms with Crippen LogP contribution < -0.4 is 0 Å². The minimum Gasteiger partial charge on any atom is -0.339 e. The van der Waals surface area contributed by atoms with E-state index in [1.54, 1.807) is 11.0 Å². The van der Waals surface area contributed by atoms with Gasteiger partial charge in [0.1, 0.15) is 5.82 Å². The summed E-state index contributed by atoms with van der Waals surface area (Å²) in [6, 6.07) is 4.20. The number of nitrogens with zero attached hydrogens (tertiary/aromatic N) is 1. The molecule has 0 spiro atoms. The van der Waals surface area contributed by atoms with E-state index in [1.165, 1.54) is 18.6 Å². The summed E-state index contributed by atoms with van der Waals surface area (Å²) in [5.41, 5.74) is 0.379. The fourth-order valence-corrected chi connectivity index (χ4v) is 2.03. The molecule has 0 bridgehead atoms. The number of piperidine rings is 1. The number of halogens is 2. The van der Waals surface area contributed by atoms with Crippen molar-refractivity contribution in [1.29, 1.82) is 0 Å². The zero-order valence-electron chi connectivity index (χ0n) is 8.88. The lowest BCUT2D eigenvalue weighted by Crippen LogP contribution is -2.35. The van der Waals surface area contributed by atoms with E-state index >= 15 is 0 Å². The van der Waals surface area contributed by atoms with Gasteiger partial charge in [0.2, 0.25) is 0 Å². The van der Waals surface area contributed by atoms with Crippen LogP contribution in [-0.2, 0) is 0 Å². The first-order valence-electron chi connectivity index (χ1n) is 5.43. The third-order valence-corrected chi connectivity index (χ3v) is 3.12. The van der Waals surface area contributed by atoms with Crippen LogP contribution in [0.4, 0.5) is 4.39 Å². The maximum atomic E-state index is 13.2. The molecule has 1 saturated heterocycles. The number of likely N-dealkylation sites (tertiary alicyclic amines) is 1. The first-order valence-corrected chi connectivity index (χ1v) is 5.80. The van der Waals surface area contributed by atoms with Crippen LogP contribution >= 0.6 is 11.6 Å². The van der Waals surface area contributed by atoms with Crippen molar-refractivity contribution in [2.45, 2.75) is 19.3 Å². The third kappa shape index (κ3) is 2.35. The quantitative estimate of drug-likeness (QED) is 0.740. The summed E-state index contributed by atoms with van der Waals surface area (Å²) in [5.74, 6) is -0.639. The van der Waals surface area contributed by atoms with E-state index in [1.807, 2.05) is 0 Å². The molecule has 2 rings (SSSR count). The largest absolute Gasteiger partial charge is 0.339 e. The lowest BCUT2D eigenvalue weighted by Gasteiger charge is -2.26. The molecule has 4 heteroatoms. The predicted molar refractivity (Wildman–Crippen MR) is 61.2 cm³/mol. The van der Waals surface area contributed by atoms with E-state index in [-0.39, 0.29) is 10.9 Å². The molecule has 16 heavy (non-hydrogen) atoms. The molecule has 0 radical (unpaired) electrons. The predicted octanol–water partition coefficient (Wildman–Crippen LogP) is 3.11. The van der Waals surface area contributed by atoms with Gasteiger partial charge < -0.3 is 4.90 Å². The van der Waals surface area contributed by atoms with Crippen molar-refractivity contribution in [3.8, 4) is 0 Å². The van der Waals surface area contributed by atoms with E-state index in [9.17, 15) is 9.18 Å². The molecule has 1 aliphatic rings. The Morgan fingerprint density at radius 3 is 2.56 bits per heavy atom. The number of carbonyl (C=O) groups is 1. The second kappa shape index (κ2) is 4.83. The van der Waals surface area contributed by atoms with Crippen molar-refractivity contribution in [2.24, 2.45) is 0 Å². The van der Waals surface area contributed by atoms with Crippen LogP contribution in [0.15, 0.2) is 18.2 Å². The fraction of sp³-hybridized carbons (Fsp3) is 0.417. The fourth-order valence-electron chi connectivity index (χ4n) is 1.91. The Balaban J connectivity index is 2.16. The van der Waals surface area contributed by atoms with E-state index < -0.39 is 5.82 Å². The Hall–Kier alpha value is -1.09. The molecule has 0 aliphatic carbocycles. The van der Waals surface area contributed by atoms with Crippen LogP contribution in [-0.4, -0.2) is 23.9 Å². The van der Waals surface area contributed by atoms with Crippen LogP contribution in [0, 0.1) is 5.82 Å².